The van der Waals surface area contributed by atoms with Crippen molar-refractivity contribution in [3.63, 3.8) is 0 Å². The van der Waals surface area contributed by atoms with Crippen LogP contribution >= 0.6 is 0 Å². The van der Waals surface area contributed by atoms with Crippen LogP contribution in [0.3, 0.4) is 0 Å². The Balaban J connectivity index is 1.53. The summed E-state index contributed by atoms with van der Waals surface area (Å²) in [6.45, 7) is 4.26. The number of hydrogen-bond donors (Lipinski definition) is 1. The number of nitrogens with one attached hydrogen (secondary N) is 1. The monoisotopic (exact) mass is 224 g/mol. The first-order chi connectivity index (χ1) is 7.66. The Morgan fingerprint density at radius 2 is 2.19 bits per heavy atom. The summed E-state index contributed by atoms with van der Waals surface area (Å²) >= 11 is 0. The first-order valence-corrected chi connectivity index (χ1v) is 6.65. The Morgan fingerprint density at radius 1 is 1.44 bits per heavy atom. The molecule has 2 aliphatic rings. The zero-order valence-corrected chi connectivity index (χ0v) is 10.5. The molecule has 1 unspecified atom stereocenters. The van der Waals surface area contributed by atoms with Crippen LogP contribution in [-0.4, -0.2) is 37.0 Å². The van der Waals surface area contributed by atoms with Crippen LogP contribution in [-0.2, 0) is 4.79 Å². The molecule has 0 aromatic rings. The van der Waals surface area contributed by atoms with Gasteiger partial charge in [0.25, 0.3) is 0 Å². The van der Waals surface area contributed by atoms with Gasteiger partial charge in [0.15, 0.2) is 0 Å². The number of carbonyl (C=O) groups excluding carboxylic acids is 1. The van der Waals surface area contributed by atoms with Gasteiger partial charge in [-0.15, -0.1) is 0 Å². The van der Waals surface area contributed by atoms with Crippen LogP contribution in [0.25, 0.3) is 0 Å². The summed E-state index contributed by atoms with van der Waals surface area (Å²) in [6.07, 6.45) is 6.39. The molecule has 92 valence electrons. The highest BCUT2D eigenvalue weighted by molar-refractivity contribution is 5.83. The van der Waals surface area contributed by atoms with E-state index in [4.69, 9.17) is 0 Å². The Hall–Kier alpha value is -0.570. The van der Waals surface area contributed by atoms with Crippen LogP contribution in [0.4, 0.5) is 0 Å². The fourth-order valence-corrected chi connectivity index (χ4v) is 2.98. The Bertz CT molecular complexity index is 248. The minimum atomic E-state index is 0.102. The number of likely N-dealkylation sites (tertiary alicyclic amines) is 1. The minimum absolute atomic E-state index is 0.102. The van der Waals surface area contributed by atoms with Gasteiger partial charge in [-0.05, 0) is 50.5 Å². The summed E-state index contributed by atoms with van der Waals surface area (Å²) in [7, 11) is 1.89. The Morgan fingerprint density at radius 3 is 2.75 bits per heavy atom. The molecule has 0 bridgehead atoms. The molecule has 2 rings (SSSR count). The SMILES string of the molecule is CC1CC(CCCNC2CCN(C)C2=O)C1. The Kier molecular flexibility index (Phi) is 3.85. The number of amides is 1. The van der Waals surface area contributed by atoms with Crippen molar-refractivity contribution in [2.45, 2.75) is 45.1 Å². The van der Waals surface area contributed by atoms with E-state index in [-0.39, 0.29) is 11.9 Å². The second-order valence-corrected chi connectivity index (χ2v) is 5.64. The van der Waals surface area contributed by atoms with Gasteiger partial charge in [-0.1, -0.05) is 6.92 Å². The molecule has 0 aromatic carbocycles. The largest absolute Gasteiger partial charge is 0.344 e. The number of hydrogen-bond acceptors (Lipinski definition) is 2. The fourth-order valence-electron chi connectivity index (χ4n) is 2.98. The van der Waals surface area contributed by atoms with Gasteiger partial charge < -0.3 is 10.2 Å². The van der Waals surface area contributed by atoms with E-state index in [2.05, 4.69) is 12.2 Å². The highest BCUT2D eigenvalue weighted by atomic mass is 16.2. The molecule has 16 heavy (non-hydrogen) atoms. The van der Waals surface area contributed by atoms with Crippen molar-refractivity contribution in [1.29, 1.82) is 0 Å². The van der Waals surface area contributed by atoms with Gasteiger partial charge in [0, 0.05) is 13.6 Å². The molecule has 1 amide bonds. The molecule has 3 heteroatoms. The van der Waals surface area contributed by atoms with Crippen LogP contribution < -0.4 is 5.32 Å². The lowest BCUT2D eigenvalue weighted by atomic mass is 9.74. The van der Waals surface area contributed by atoms with Gasteiger partial charge >= 0.3 is 0 Å². The molecule has 1 aliphatic heterocycles. The van der Waals surface area contributed by atoms with E-state index in [1.54, 1.807) is 0 Å². The number of nitrogens with zero attached hydrogens (tertiary/aromatic N) is 1. The van der Waals surface area contributed by atoms with E-state index in [1.807, 2.05) is 11.9 Å². The fraction of sp³-hybridized carbons (Fsp3) is 0.923. The summed E-state index contributed by atoms with van der Waals surface area (Å²) in [5.74, 6) is 2.21. The maximum Gasteiger partial charge on any atom is 0.239 e. The molecule has 0 spiro atoms. The van der Waals surface area contributed by atoms with Crippen LogP contribution in [0, 0.1) is 11.8 Å². The lowest BCUT2D eigenvalue weighted by molar-refractivity contribution is -0.128. The van der Waals surface area contributed by atoms with Crippen molar-refractivity contribution in [3.05, 3.63) is 0 Å². The summed E-state index contributed by atoms with van der Waals surface area (Å²) in [4.78, 5) is 13.4. The van der Waals surface area contributed by atoms with E-state index < -0.39 is 0 Å². The predicted octanol–water partition coefficient (Wildman–Crippen LogP) is 1.63. The van der Waals surface area contributed by atoms with Crippen molar-refractivity contribution in [1.82, 2.24) is 10.2 Å². The average Bonchev–Trinajstić information content (AvgIpc) is 2.52. The third kappa shape index (κ3) is 2.76. The van der Waals surface area contributed by atoms with E-state index in [1.165, 1.54) is 25.7 Å². The third-order valence-electron chi connectivity index (χ3n) is 4.08. The maximum absolute atomic E-state index is 11.6. The lowest BCUT2D eigenvalue weighted by Crippen LogP contribution is -2.37. The third-order valence-corrected chi connectivity index (χ3v) is 4.08. The van der Waals surface area contributed by atoms with Crippen LogP contribution in [0.15, 0.2) is 0 Å². The molecule has 0 radical (unpaired) electrons. The zero-order valence-electron chi connectivity index (χ0n) is 10.5. The second-order valence-electron chi connectivity index (χ2n) is 5.64. The van der Waals surface area contributed by atoms with E-state index >= 15 is 0 Å². The summed E-state index contributed by atoms with van der Waals surface area (Å²) in [6, 6.07) is 0.102. The summed E-state index contributed by atoms with van der Waals surface area (Å²) < 4.78 is 0. The molecule has 3 nitrogen and oxygen atoms in total. The Labute approximate surface area is 98.6 Å². The maximum atomic E-state index is 11.6. The van der Waals surface area contributed by atoms with E-state index in [0.29, 0.717) is 0 Å². The molecule has 1 saturated carbocycles. The van der Waals surface area contributed by atoms with Crippen molar-refractivity contribution < 1.29 is 4.79 Å². The summed E-state index contributed by atoms with van der Waals surface area (Å²) in [5.41, 5.74) is 0. The van der Waals surface area contributed by atoms with Crippen molar-refractivity contribution >= 4 is 5.91 Å². The normalized spacial score (nSPS) is 34.2. The minimum Gasteiger partial charge on any atom is -0.344 e. The van der Waals surface area contributed by atoms with Gasteiger partial charge in [-0.25, -0.2) is 0 Å². The van der Waals surface area contributed by atoms with E-state index in [0.717, 1.165) is 31.3 Å². The molecule has 0 aromatic heterocycles. The average molecular weight is 224 g/mol. The molecule has 1 heterocycles. The van der Waals surface area contributed by atoms with Gasteiger partial charge in [-0.3, -0.25) is 4.79 Å². The zero-order chi connectivity index (χ0) is 11.5. The van der Waals surface area contributed by atoms with Crippen LogP contribution in [0.2, 0.25) is 0 Å². The van der Waals surface area contributed by atoms with Gasteiger partial charge in [-0.2, -0.15) is 0 Å². The molecule has 1 atom stereocenters. The van der Waals surface area contributed by atoms with Crippen LogP contribution in [0.5, 0.6) is 0 Å². The van der Waals surface area contributed by atoms with Crippen molar-refractivity contribution in [2.75, 3.05) is 20.1 Å². The standard InChI is InChI=1S/C13H24N2O/c1-10-8-11(9-10)4-3-6-14-12-5-7-15(2)13(12)16/h10-12,14H,3-9H2,1-2H3. The highest BCUT2D eigenvalue weighted by Crippen LogP contribution is 2.35. The summed E-state index contributed by atoms with van der Waals surface area (Å²) in [5, 5.41) is 3.39. The second kappa shape index (κ2) is 5.17. The van der Waals surface area contributed by atoms with Gasteiger partial charge in [0.1, 0.15) is 0 Å². The van der Waals surface area contributed by atoms with Gasteiger partial charge in [0.05, 0.1) is 6.04 Å². The smallest absolute Gasteiger partial charge is 0.239 e. The molecule has 1 aliphatic carbocycles. The molecule has 1 N–H and O–H groups in total. The van der Waals surface area contributed by atoms with Gasteiger partial charge in [0.2, 0.25) is 5.91 Å². The number of carbonyl (C=O) groups is 1. The molecule has 2 fully saturated rings. The van der Waals surface area contributed by atoms with Crippen molar-refractivity contribution in [3.8, 4) is 0 Å². The first kappa shape index (κ1) is 11.9. The lowest BCUT2D eigenvalue weighted by Gasteiger charge is -2.32. The quantitative estimate of drug-likeness (QED) is 0.720. The topological polar surface area (TPSA) is 32.3 Å². The first-order valence-electron chi connectivity index (χ1n) is 6.65. The number of likely N-dealkylation sites (N-methyl/N-ethyl adjacent to an activating group) is 1. The number of rotatable bonds is 5. The predicted molar refractivity (Wildman–Crippen MR) is 65.2 cm³/mol. The molecular weight excluding hydrogens is 200 g/mol. The van der Waals surface area contributed by atoms with Crippen molar-refractivity contribution in [2.24, 2.45) is 11.8 Å². The molecular formula is C13H24N2O. The van der Waals surface area contributed by atoms with E-state index in [9.17, 15) is 4.79 Å². The van der Waals surface area contributed by atoms with Crippen LogP contribution in [0.1, 0.15) is 39.0 Å². The highest BCUT2D eigenvalue weighted by Gasteiger charge is 2.28. The molecule has 1 saturated heterocycles.